The summed E-state index contributed by atoms with van der Waals surface area (Å²) in [7, 11) is 0. The quantitative estimate of drug-likeness (QED) is 0.564. The van der Waals surface area contributed by atoms with Crippen LogP contribution in [0.4, 0.5) is 0 Å². The fraction of sp³-hybridized carbons (Fsp3) is 0.471. The lowest BCUT2D eigenvalue weighted by atomic mass is 9.96. The number of hydrogen-bond acceptors (Lipinski definition) is 1. The van der Waals surface area contributed by atoms with Crippen LogP contribution in [0.3, 0.4) is 0 Å². The molecular weight excluding hydrogens is 220 g/mol. The normalized spacial score (nSPS) is 19.5. The van der Waals surface area contributed by atoms with Gasteiger partial charge in [0.25, 0.3) is 0 Å². The number of rotatable bonds is 3. The van der Waals surface area contributed by atoms with Gasteiger partial charge >= 0.3 is 0 Å². The summed E-state index contributed by atoms with van der Waals surface area (Å²) in [6, 6.07) is 10.5. The van der Waals surface area contributed by atoms with Crippen molar-refractivity contribution in [3.05, 3.63) is 47.0 Å². The van der Waals surface area contributed by atoms with Crippen LogP contribution in [0, 0.1) is 0 Å². The van der Waals surface area contributed by atoms with E-state index in [-0.39, 0.29) is 0 Å². The summed E-state index contributed by atoms with van der Waals surface area (Å²) in [6.07, 6.45) is 7.30. The lowest BCUT2D eigenvalue weighted by Gasteiger charge is -2.09. The second-order valence-electron chi connectivity index (χ2n) is 5.23. The van der Waals surface area contributed by atoms with E-state index in [4.69, 9.17) is 0 Å². The van der Waals surface area contributed by atoms with Gasteiger partial charge in [-0.1, -0.05) is 42.3 Å². The minimum absolute atomic E-state index is 0.401. The second kappa shape index (κ2) is 6.53. The van der Waals surface area contributed by atoms with E-state index in [2.05, 4.69) is 31.2 Å². The summed E-state index contributed by atoms with van der Waals surface area (Å²) in [6.45, 7) is 2.14. The zero-order valence-corrected chi connectivity index (χ0v) is 11.2. The largest absolute Gasteiger partial charge is 0.295 e. The smallest absolute Gasteiger partial charge is 0.158 e. The van der Waals surface area contributed by atoms with Crippen LogP contribution in [0.1, 0.15) is 51.0 Å². The summed E-state index contributed by atoms with van der Waals surface area (Å²) in [5.41, 5.74) is 3.80. The van der Waals surface area contributed by atoms with E-state index in [9.17, 15) is 4.79 Å². The van der Waals surface area contributed by atoms with Gasteiger partial charge in [-0.05, 0) is 50.2 Å². The van der Waals surface area contributed by atoms with Crippen molar-refractivity contribution in [2.75, 3.05) is 0 Å². The molecule has 0 amide bonds. The van der Waals surface area contributed by atoms with Crippen LogP contribution in [0.2, 0.25) is 0 Å². The van der Waals surface area contributed by atoms with Crippen molar-refractivity contribution in [3.63, 3.8) is 0 Å². The van der Waals surface area contributed by atoms with Crippen molar-refractivity contribution < 1.29 is 4.79 Å². The van der Waals surface area contributed by atoms with E-state index < -0.39 is 0 Å². The Morgan fingerprint density at radius 2 is 1.78 bits per heavy atom. The van der Waals surface area contributed by atoms with E-state index in [1.807, 2.05) is 6.07 Å². The number of benzene rings is 1. The molecule has 1 heteroatoms. The van der Waals surface area contributed by atoms with Gasteiger partial charge in [0, 0.05) is 6.42 Å². The number of hydrogen-bond donors (Lipinski definition) is 0. The monoisotopic (exact) mass is 242 g/mol. The van der Waals surface area contributed by atoms with Gasteiger partial charge in [-0.25, -0.2) is 0 Å². The number of ketones is 1. The molecule has 1 fully saturated rings. The molecule has 1 aromatic carbocycles. The maximum Gasteiger partial charge on any atom is 0.158 e. The van der Waals surface area contributed by atoms with Crippen LogP contribution in [-0.2, 0) is 11.2 Å². The Morgan fingerprint density at radius 3 is 2.56 bits per heavy atom. The highest BCUT2D eigenvalue weighted by molar-refractivity contribution is 5.96. The lowest BCUT2D eigenvalue weighted by Crippen LogP contribution is -2.03. The van der Waals surface area contributed by atoms with Gasteiger partial charge in [0.1, 0.15) is 0 Å². The highest BCUT2D eigenvalue weighted by Crippen LogP contribution is 2.24. The zero-order chi connectivity index (χ0) is 12.8. The van der Waals surface area contributed by atoms with Crippen LogP contribution < -0.4 is 0 Å². The molecule has 1 aromatic rings. The standard InChI is InChI=1S/C17H22O/c1-14(12-13-15-8-4-2-5-9-15)16-10-6-3-7-11-17(16)18/h2,4-5,8-9H,3,6-7,10-13H2,1H3/b16-14+. The summed E-state index contributed by atoms with van der Waals surface area (Å²) in [4.78, 5) is 12.0. The summed E-state index contributed by atoms with van der Waals surface area (Å²) in [5, 5.41) is 0. The third-order valence-electron chi connectivity index (χ3n) is 3.81. The predicted molar refractivity (Wildman–Crippen MR) is 75.6 cm³/mol. The maximum absolute atomic E-state index is 12.0. The van der Waals surface area contributed by atoms with Gasteiger partial charge in [0.05, 0.1) is 0 Å². The van der Waals surface area contributed by atoms with Gasteiger partial charge in [0.2, 0.25) is 0 Å². The topological polar surface area (TPSA) is 17.1 Å². The molecule has 0 heterocycles. The van der Waals surface area contributed by atoms with E-state index in [0.29, 0.717) is 5.78 Å². The summed E-state index contributed by atoms with van der Waals surface area (Å²) >= 11 is 0. The van der Waals surface area contributed by atoms with Crippen LogP contribution in [-0.4, -0.2) is 5.78 Å². The molecular formula is C17H22O. The average Bonchev–Trinajstić information content (AvgIpc) is 2.62. The molecule has 0 saturated heterocycles. The molecule has 0 spiro atoms. The Kier molecular flexibility index (Phi) is 4.74. The predicted octanol–water partition coefficient (Wildman–Crippen LogP) is 4.47. The van der Waals surface area contributed by atoms with Crippen LogP contribution >= 0.6 is 0 Å². The highest BCUT2D eigenvalue weighted by atomic mass is 16.1. The number of carbonyl (C=O) groups excluding carboxylic acids is 1. The van der Waals surface area contributed by atoms with Crippen molar-refractivity contribution in [1.29, 1.82) is 0 Å². The van der Waals surface area contributed by atoms with Gasteiger partial charge in [0.15, 0.2) is 5.78 Å². The molecule has 1 nitrogen and oxygen atoms in total. The van der Waals surface area contributed by atoms with Gasteiger partial charge < -0.3 is 0 Å². The van der Waals surface area contributed by atoms with E-state index in [1.165, 1.54) is 24.0 Å². The van der Waals surface area contributed by atoms with E-state index in [0.717, 1.165) is 37.7 Å². The van der Waals surface area contributed by atoms with Gasteiger partial charge in [-0.15, -0.1) is 0 Å². The number of allylic oxidation sites excluding steroid dienone is 2. The molecule has 0 bridgehead atoms. The summed E-state index contributed by atoms with van der Waals surface area (Å²) < 4.78 is 0. The van der Waals surface area contributed by atoms with Crippen molar-refractivity contribution in [2.24, 2.45) is 0 Å². The Labute approximate surface area is 110 Å². The first-order valence-corrected chi connectivity index (χ1v) is 7.03. The number of aryl methyl sites for hydroxylation is 1. The first-order valence-electron chi connectivity index (χ1n) is 7.03. The molecule has 2 rings (SSSR count). The lowest BCUT2D eigenvalue weighted by molar-refractivity contribution is -0.115. The molecule has 0 radical (unpaired) electrons. The molecule has 96 valence electrons. The third-order valence-corrected chi connectivity index (χ3v) is 3.81. The van der Waals surface area contributed by atoms with Gasteiger partial charge in [-0.2, -0.15) is 0 Å². The number of Topliss-reactive ketones (excluding diaryl/α,β-unsaturated/α-hetero) is 1. The zero-order valence-electron chi connectivity index (χ0n) is 11.2. The minimum Gasteiger partial charge on any atom is -0.295 e. The fourth-order valence-corrected chi connectivity index (χ4v) is 2.63. The Bertz CT molecular complexity index is 428. The molecule has 18 heavy (non-hydrogen) atoms. The minimum atomic E-state index is 0.401. The Morgan fingerprint density at radius 1 is 1.06 bits per heavy atom. The fourth-order valence-electron chi connectivity index (χ4n) is 2.63. The van der Waals surface area contributed by atoms with Crippen LogP contribution in [0.15, 0.2) is 41.5 Å². The Balaban J connectivity index is 2.01. The first-order chi connectivity index (χ1) is 8.77. The van der Waals surface area contributed by atoms with E-state index >= 15 is 0 Å². The molecule has 0 N–H and O–H groups in total. The van der Waals surface area contributed by atoms with E-state index in [1.54, 1.807) is 0 Å². The first kappa shape index (κ1) is 13.1. The molecule has 0 aliphatic heterocycles. The highest BCUT2D eigenvalue weighted by Gasteiger charge is 2.15. The molecule has 1 saturated carbocycles. The van der Waals surface area contributed by atoms with Crippen molar-refractivity contribution in [1.82, 2.24) is 0 Å². The maximum atomic E-state index is 12.0. The van der Waals surface area contributed by atoms with Crippen molar-refractivity contribution >= 4 is 5.78 Å². The third kappa shape index (κ3) is 3.56. The molecule has 0 aromatic heterocycles. The van der Waals surface area contributed by atoms with Crippen LogP contribution in [0.5, 0.6) is 0 Å². The molecule has 0 atom stereocenters. The molecule has 1 aliphatic carbocycles. The van der Waals surface area contributed by atoms with Crippen molar-refractivity contribution in [3.8, 4) is 0 Å². The number of carbonyl (C=O) groups is 1. The summed E-state index contributed by atoms with van der Waals surface area (Å²) in [5.74, 6) is 0.401. The average molecular weight is 242 g/mol. The molecule has 0 unspecified atom stereocenters. The van der Waals surface area contributed by atoms with Crippen molar-refractivity contribution in [2.45, 2.75) is 51.9 Å². The second-order valence-corrected chi connectivity index (χ2v) is 5.23. The SMILES string of the molecule is C/C(CCc1ccccc1)=C1/CCCCCC1=O. The van der Waals surface area contributed by atoms with Crippen LogP contribution in [0.25, 0.3) is 0 Å². The Hall–Kier alpha value is -1.37. The molecule has 1 aliphatic rings. The van der Waals surface area contributed by atoms with Gasteiger partial charge in [-0.3, -0.25) is 4.79 Å².